The van der Waals surface area contributed by atoms with Crippen LogP contribution in [0.15, 0.2) is 63.8 Å². The number of hydrogen-bond donors (Lipinski definition) is 0. The lowest BCUT2D eigenvalue weighted by Crippen LogP contribution is -2.01. The molecular formula is C21H19ClO3. The van der Waals surface area contributed by atoms with Crippen LogP contribution in [0.2, 0.25) is 5.02 Å². The molecule has 0 spiro atoms. The first kappa shape index (κ1) is 17.3. The molecule has 0 saturated carbocycles. The summed E-state index contributed by atoms with van der Waals surface area (Å²) in [5, 5.41) is 1.37. The molecule has 0 radical (unpaired) electrons. The van der Waals surface area contributed by atoms with Crippen molar-refractivity contribution in [1.82, 2.24) is 0 Å². The third-order valence-electron chi connectivity index (χ3n) is 3.85. The van der Waals surface area contributed by atoms with Gasteiger partial charge >= 0.3 is 5.63 Å². The van der Waals surface area contributed by atoms with E-state index in [0.717, 1.165) is 29.4 Å². The van der Waals surface area contributed by atoms with Gasteiger partial charge < -0.3 is 9.15 Å². The maximum absolute atomic E-state index is 11.7. The van der Waals surface area contributed by atoms with Crippen LogP contribution in [0.1, 0.15) is 24.5 Å². The van der Waals surface area contributed by atoms with E-state index in [0.29, 0.717) is 23.0 Å². The Morgan fingerprint density at radius 2 is 1.96 bits per heavy atom. The Bertz CT molecular complexity index is 943. The molecule has 3 rings (SSSR count). The SMILES string of the molecule is CCCc1cc(=O)oc2cc(OC/C=C/c3ccccc3)c(Cl)cc12. The van der Waals surface area contributed by atoms with E-state index >= 15 is 0 Å². The molecule has 1 aromatic heterocycles. The Kier molecular flexibility index (Phi) is 5.56. The molecule has 2 aromatic carbocycles. The molecule has 0 bridgehead atoms. The van der Waals surface area contributed by atoms with Crippen molar-refractivity contribution >= 4 is 28.6 Å². The summed E-state index contributed by atoms with van der Waals surface area (Å²) >= 11 is 6.34. The van der Waals surface area contributed by atoms with E-state index in [1.54, 1.807) is 12.1 Å². The van der Waals surface area contributed by atoms with E-state index in [-0.39, 0.29) is 5.63 Å². The van der Waals surface area contributed by atoms with Crippen LogP contribution in [0.4, 0.5) is 0 Å². The Balaban J connectivity index is 1.81. The molecule has 0 aliphatic carbocycles. The Morgan fingerprint density at radius 3 is 2.72 bits per heavy atom. The first-order valence-corrected chi connectivity index (χ1v) is 8.66. The number of rotatable bonds is 6. The molecule has 0 unspecified atom stereocenters. The van der Waals surface area contributed by atoms with Crippen LogP contribution in [0.3, 0.4) is 0 Å². The standard InChI is InChI=1S/C21H19ClO3/c1-2-7-16-12-21(23)25-19-14-20(18(22)13-17(16)19)24-11-6-10-15-8-4-3-5-9-15/h3-6,8-10,12-14H,2,7,11H2,1H3/b10-6+. The second kappa shape index (κ2) is 8.04. The predicted octanol–water partition coefficient (Wildman–Crippen LogP) is 5.49. The molecule has 0 aliphatic heterocycles. The Hall–Kier alpha value is -2.52. The molecule has 1 heterocycles. The molecule has 0 aliphatic rings. The molecule has 4 heteroatoms. The minimum atomic E-state index is -0.354. The van der Waals surface area contributed by atoms with Crippen LogP contribution in [0.25, 0.3) is 17.0 Å². The molecule has 3 aromatic rings. The van der Waals surface area contributed by atoms with Crippen molar-refractivity contribution in [3.05, 3.63) is 81.2 Å². The van der Waals surface area contributed by atoms with Gasteiger partial charge in [-0.25, -0.2) is 4.79 Å². The largest absolute Gasteiger partial charge is 0.488 e. The summed E-state index contributed by atoms with van der Waals surface area (Å²) in [6.45, 7) is 2.44. The fraction of sp³-hybridized carbons (Fsp3) is 0.190. The van der Waals surface area contributed by atoms with Crippen LogP contribution >= 0.6 is 11.6 Å². The number of benzene rings is 2. The maximum Gasteiger partial charge on any atom is 0.336 e. The number of ether oxygens (including phenoxy) is 1. The minimum Gasteiger partial charge on any atom is -0.488 e. The zero-order valence-electron chi connectivity index (χ0n) is 14.0. The first-order valence-electron chi connectivity index (χ1n) is 8.28. The van der Waals surface area contributed by atoms with Crippen LogP contribution in [0, 0.1) is 0 Å². The summed E-state index contributed by atoms with van der Waals surface area (Å²) in [6, 6.07) is 15.0. The summed E-state index contributed by atoms with van der Waals surface area (Å²) in [4.78, 5) is 11.7. The molecule has 0 amide bonds. The van der Waals surface area contributed by atoms with Gasteiger partial charge in [0.15, 0.2) is 0 Å². The lowest BCUT2D eigenvalue weighted by molar-refractivity contribution is 0.363. The quantitative estimate of drug-likeness (QED) is 0.549. The third kappa shape index (κ3) is 4.31. The normalized spacial score (nSPS) is 11.3. The van der Waals surface area contributed by atoms with Crippen molar-refractivity contribution in [3.8, 4) is 5.75 Å². The molecule has 0 atom stereocenters. The Labute approximate surface area is 151 Å². The van der Waals surface area contributed by atoms with E-state index in [4.69, 9.17) is 20.8 Å². The smallest absolute Gasteiger partial charge is 0.336 e. The second-order valence-corrected chi connectivity index (χ2v) is 6.15. The van der Waals surface area contributed by atoms with Gasteiger partial charge in [-0.3, -0.25) is 0 Å². The lowest BCUT2D eigenvalue weighted by Gasteiger charge is -2.09. The first-order chi connectivity index (χ1) is 12.2. The van der Waals surface area contributed by atoms with Crippen molar-refractivity contribution in [2.24, 2.45) is 0 Å². The average Bonchev–Trinajstić information content (AvgIpc) is 2.61. The van der Waals surface area contributed by atoms with Gasteiger partial charge in [-0.15, -0.1) is 0 Å². The summed E-state index contributed by atoms with van der Waals surface area (Å²) < 4.78 is 11.0. The van der Waals surface area contributed by atoms with Gasteiger partial charge in [0.25, 0.3) is 0 Å². The van der Waals surface area contributed by atoms with Crippen LogP contribution in [-0.4, -0.2) is 6.61 Å². The zero-order chi connectivity index (χ0) is 17.6. The van der Waals surface area contributed by atoms with E-state index in [9.17, 15) is 4.79 Å². The zero-order valence-corrected chi connectivity index (χ0v) is 14.8. The van der Waals surface area contributed by atoms with Crippen molar-refractivity contribution in [3.63, 3.8) is 0 Å². The van der Waals surface area contributed by atoms with Gasteiger partial charge in [0, 0.05) is 17.5 Å². The maximum atomic E-state index is 11.7. The van der Waals surface area contributed by atoms with Crippen LogP contribution in [0.5, 0.6) is 5.75 Å². The monoisotopic (exact) mass is 354 g/mol. The predicted molar refractivity (Wildman–Crippen MR) is 102 cm³/mol. The molecule has 25 heavy (non-hydrogen) atoms. The van der Waals surface area contributed by atoms with Gasteiger partial charge in [0.1, 0.15) is 17.9 Å². The summed E-state index contributed by atoms with van der Waals surface area (Å²) in [5.74, 6) is 0.503. The van der Waals surface area contributed by atoms with Crippen molar-refractivity contribution < 1.29 is 9.15 Å². The van der Waals surface area contributed by atoms with Crippen molar-refractivity contribution in [1.29, 1.82) is 0 Å². The van der Waals surface area contributed by atoms with E-state index in [1.807, 2.05) is 42.5 Å². The van der Waals surface area contributed by atoms with Gasteiger partial charge in [0.2, 0.25) is 0 Å². The number of fused-ring (bicyclic) bond motifs is 1. The highest BCUT2D eigenvalue weighted by Gasteiger charge is 2.10. The average molecular weight is 355 g/mol. The molecule has 0 N–H and O–H groups in total. The van der Waals surface area contributed by atoms with Crippen LogP contribution < -0.4 is 10.4 Å². The summed E-state index contributed by atoms with van der Waals surface area (Å²) in [5.41, 5.74) is 2.20. The number of hydrogen-bond acceptors (Lipinski definition) is 3. The van der Waals surface area contributed by atoms with Gasteiger partial charge in [-0.2, -0.15) is 0 Å². The summed E-state index contributed by atoms with van der Waals surface area (Å²) in [7, 11) is 0. The topological polar surface area (TPSA) is 39.4 Å². The van der Waals surface area contributed by atoms with E-state index in [1.165, 1.54) is 6.07 Å². The third-order valence-corrected chi connectivity index (χ3v) is 4.14. The minimum absolute atomic E-state index is 0.354. The number of aryl methyl sites for hydroxylation is 1. The fourth-order valence-electron chi connectivity index (χ4n) is 2.70. The van der Waals surface area contributed by atoms with Gasteiger partial charge in [0.05, 0.1) is 5.02 Å². The summed E-state index contributed by atoms with van der Waals surface area (Å²) in [6.07, 6.45) is 5.64. The second-order valence-electron chi connectivity index (χ2n) is 5.74. The van der Waals surface area contributed by atoms with Crippen LogP contribution in [-0.2, 0) is 6.42 Å². The van der Waals surface area contributed by atoms with Gasteiger partial charge in [-0.1, -0.05) is 61.4 Å². The fourth-order valence-corrected chi connectivity index (χ4v) is 2.92. The van der Waals surface area contributed by atoms with E-state index < -0.39 is 0 Å². The lowest BCUT2D eigenvalue weighted by atomic mass is 10.1. The van der Waals surface area contributed by atoms with E-state index in [2.05, 4.69) is 6.92 Å². The highest BCUT2D eigenvalue weighted by Crippen LogP contribution is 2.31. The molecular weight excluding hydrogens is 336 g/mol. The highest BCUT2D eigenvalue weighted by molar-refractivity contribution is 6.32. The van der Waals surface area contributed by atoms with Gasteiger partial charge in [-0.05, 0) is 29.7 Å². The molecule has 3 nitrogen and oxygen atoms in total. The molecule has 0 saturated heterocycles. The Morgan fingerprint density at radius 1 is 1.16 bits per heavy atom. The molecule has 0 fully saturated rings. The number of halogens is 1. The molecule has 128 valence electrons. The van der Waals surface area contributed by atoms with Crippen molar-refractivity contribution in [2.45, 2.75) is 19.8 Å². The highest BCUT2D eigenvalue weighted by atomic mass is 35.5. The van der Waals surface area contributed by atoms with Crippen molar-refractivity contribution in [2.75, 3.05) is 6.61 Å².